The second-order valence-corrected chi connectivity index (χ2v) is 10.9. The van der Waals surface area contributed by atoms with Crippen molar-refractivity contribution in [3.8, 4) is 17.0 Å². The van der Waals surface area contributed by atoms with Crippen LogP contribution in [0, 0.1) is 5.41 Å². The van der Waals surface area contributed by atoms with Gasteiger partial charge in [-0.1, -0.05) is 44.4 Å². The fraction of sp³-hybridized carbons (Fsp3) is 0.355. The highest BCUT2D eigenvalue weighted by atomic mass is 16.5. The molecule has 0 N–H and O–H groups in total. The quantitative estimate of drug-likeness (QED) is 0.433. The summed E-state index contributed by atoms with van der Waals surface area (Å²) in [5.41, 5.74) is 12.2. The Kier molecular flexibility index (Phi) is 6.90. The van der Waals surface area contributed by atoms with Gasteiger partial charge in [-0.25, -0.2) is 4.98 Å². The van der Waals surface area contributed by atoms with E-state index < -0.39 is 0 Å². The summed E-state index contributed by atoms with van der Waals surface area (Å²) < 4.78 is 7.70. The number of allylic oxidation sites excluding steroid dienone is 4. The zero-order valence-electron chi connectivity index (χ0n) is 22.1. The van der Waals surface area contributed by atoms with E-state index >= 15 is 0 Å². The Hall–Kier alpha value is -3.82. The summed E-state index contributed by atoms with van der Waals surface area (Å²) in [5.74, 6) is 1.06. The van der Waals surface area contributed by atoms with Gasteiger partial charge >= 0.3 is 0 Å². The fourth-order valence-corrected chi connectivity index (χ4v) is 4.88. The van der Waals surface area contributed by atoms with E-state index in [0.29, 0.717) is 6.42 Å². The summed E-state index contributed by atoms with van der Waals surface area (Å²) in [6.07, 6.45) is 8.63. The lowest BCUT2D eigenvalue weighted by atomic mass is 9.91. The normalized spacial score (nSPS) is 15.9. The first-order valence-corrected chi connectivity index (χ1v) is 12.8. The molecule has 0 spiro atoms. The number of carbonyl (C=O) groups is 1. The SMILES string of the molecule is COc1cccc(-c2nc3ccc(C4=CC=C=C=C4)cn3c2CN2CCN(C(=O)CC(C)(C)C)CC2)c1. The van der Waals surface area contributed by atoms with E-state index in [9.17, 15) is 4.79 Å². The van der Waals surface area contributed by atoms with E-state index in [4.69, 9.17) is 9.72 Å². The molecule has 0 saturated carbocycles. The Balaban J connectivity index is 1.46. The Morgan fingerprint density at radius 3 is 2.57 bits per heavy atom. The largest absolute Gasteiger partial charge is 0.497 e. The molecule has 1 aliphatic heterocycles. The Bertz CT molecular complexity index is 1450. The number of hydrogen-bond acceptors (Lipinski definition) is 4. The second kappa shape index (κ2) is 10.3. The van der Waals surface area contributed by atoms with Crippen molar-refractivity contribution in [3.05, 3.63) is 83.5 Å². The van der Waals surface area contributed by atoms with Gasteiger partial charge in [0, 0.05) is 50.9 Å². The topological polar surface area (TPSA) is 50.1 Å². The molecular weight excluding hydrogens is 460 g/mol. The van der Waals surface area contributed by atoms with Crippen LogP contribution in [-0.2, 0) is 11.3 Å². The number of methoxy groups -OCH3 is 1. The highest BCUT2D eigenvalue weighted by Gasteiger charge is 2.26. The molecule has 0 unspecified atom stereocenters. The van der Waals surface area contributed by atoms with Crippen LogP contribution in [0.2, 0.25) is 0 Å². The first kappa shape index (κ1) is 24.9. The van der Waals surface area contributed by atoms with Crippen molar-refractivity contribution in [2.75, 3.05) is 33.3 Å². The van der Waals surface area contributed by atoms with Crippen LogP contribution >= 0.6 is 0 Å². The summed E-state index contributed by atoms with van der Waals surface area (Å²) in [4.78, 5) is 22.2. The van der Waals surface area contributed by atoms with Crippen LogP contribution in [0.15, 0.2) is 72.3 Å². The second-order valence-electron chi connectivity index (χ2n) is 10.9. The monoisotopic (exact) mass is 494 g/mol. The molecule has 1 aliphatic carbocycles. The van der Waals surface area contributed by atoms with E-state index in [1.165, 1.54) is 0 Å². The van der Waals surface area contributed by atoms with Crippen LogP contribution in [0.3, 0.4) is 0 Å². The average molecular weight is 495 g/mol. The molecule has 2 aliphatic rings. The van der Waals surface area contributed by atoms with Gasteiger partial charge in [-0.2, -0.15) is 0 Å². The molecule has 3 aromatic rings. The molecule has 0 atom stereocenters. The van der Waals surface area contributed by atoms with Gasteiger partial charge in [-0.05, 0) is 59.0 Å². The number of hydrogen-bond donors (Lipinski definition) is 0. The van der Waals surface area contributed by atoms with Crippen LogP contribution in [0.4, 0.5) is 0 Å². The molecule has 1 saturated heterocycles. The molecule has 0 bridgehead atoms. The Labute approximate surface area is 218 Å². The number of nitrogens with zero attached hydrogens (tertiary/aromatic N) is 4. The Morgan fingerprint density at radius 2 is 1.86 bits per heavy atom. The standard InChI is InChI=1S/C31H34N4O2/c1-31(2,3)20-29(36)34-17-15-33(16-18-34)22-27-30(24-11-8-12-26(19-24)37-4)32-28-14-13-25(21-35(27)28)23-9-6-5-7-10-23/h6,8-14,19,21H,15-18,20,22H2,1-4H3. The number of pyridine rings is 1. The summed E-state index contributed by atoms with van der Waals surface area (Å²) in [7, 11) is 1.69. The predicted octanol–water partition coefficient (Wildman–Crippen LogP) is 5.35. The zero-order valence-corrected chi connectivity index (χ0v) is 22.1. The van der Waals surface area contributed by atoms with Gasteiger partial charge in [0.05, 0.1) is 18.5 Å². The predicted molar refractivity (Wildman–Crippen MR) is 147 cm³/mol. The maximum atomic E-state index is 12.8. The minimum Gasteiger partial charge on any atom is -0.497 e. The first-order valence-electron chi connectivity index (χ1n) is 12.8. The summed E-state index contributed by atoms with van der Waals surface area (Å²) >= 11 is 0. The molecule has 190 valence electrons. The fourth-order valence-electron chi connectivity index (χ4n) is 4.88. The van der Waals surface area contributed by atoms with E-state index in [-0.39, 0.29) is 11.3 Å². The molecule has 3 heterocycles. The molecule has 2 aromatic heterocycles. The van der Waals surface area contributed by atoms with E-state index in [0.717, 1.165) is 72.2 Å². The van der Waals surface area contributed by atoms with Gasteiger partial charge in [-0.3, -0.25) is 9.69 Å². The van der Waals surface area contributed by atoms with Crippen LogP contribution in [0.25, 0.3) is 22.5 Å². The molecule has 6 nitrogen and oxygen atoms in total. The Morgan fingerprint density at radius 1 is 1.05 bits per heavy atom. The van der Waals surface area contributed by atoms with Crippen LogP contribution < -0.4 is 4.74 Å². The maximum Gasteiger partial charge on any atom is 0.223 e. The number of aromatic nitrogens is 2. The summed E-state index contributed by atoms with van der Waals surface area (Å²) in [6, 6.07) is 12.3. The average Bonchev–Trinajstić information content (AvgIpc) is 3.26. The van der Waals surface area contributed by atoms with Crippen molar-refractivity contribution in [3.63, 3.8) is 0 Å². The third-order valence-electron chi connectivity index (χ3n) is 6.83. The number of piperazine rings is 1. The van der Waals surface area contributed by atoms with E-state index in [2.05, 4.69) is 65.9 Å². The lowest BCUT2D eigenvalue weighted by Gasteiger charge is -2.36. The van der Waals surface area contributed by atoms with Crippen molar-refractivity contribution >= 4 is 17.1 Å². The first-order chi connectivity index (χ1) is 17.8. The lowest BCUT2D eigenvalue weighted by molar-refractivity contribution is -0.134. The van der Waals surface area contributed by atoms with Gasteiger partial charge < -0.3 is 14.0 Å². The molecule has 1 aromatic carbocycles. The molecule has 37 heavy (non-hydrogen) atoms. The minimum absolute atomic E-state index is 0.00260. The number of imidazole rings is 1. The third-order valence-corrected chi connectivity index (χ3v) is 6.83. The molecule has 6 heteroatoms. The lowest BCUT2D eigenvalue weighted by Crippen LogP contribution is -2.49. The third kappa shape index (κ3) is 5.63. The smallest absolute Gasteiger partial charge is 0.223 e. The van der Waals surface area contributed by atoms with Gasteiger partial charge in [0.2, 0.25) is 5.91 Å². The number of rotatable bonds is 6. The van der Waals surface area contributed by atoms with Gasteiger partial charge in [0.25, 0.3) is 0 Å². The van der Waals surface area contributed by atoms with Crippen molar-refractivity contribution < 1.29 is 9.53 Å². The minimum atomic E-state index is 0.00260. The van der Waals surface area contributed by atoms with Crippen molar-refractivity contribution in [2.45, 2.75) is 33.7 Å². The summed E-state index contributed by atoms with van der Waals surface area (Å²) in [6.45, 7) is 10.3. The number of fused-ring (bicyclic) bond motifs is 1. The zero-order chi connectivity index (χ0) is 26.0. The molecular formula is C31H34N4O2. The van der Waals surface area contributed by atoms with Gasteiger partial charge in [-0.15, -0.1) is 0 Å². The van der Waals surface area contributed by atoms with Gasteiger partial charge in [0.1, 0.15) is 11.4 Å². The van der Waals surface area contributed by atoms with Crippen LogP contribution in [0.5, 0.6) is 5.75 Å². The number of ether oxygens (including phenoxy) is 1. The molecule has 1 amide bonds. The van der Waals surface area contributed by atoms with Crippen molar-refractivity contribution in [1.29, 1.82) is 0 Å². The van der Waals surface area contributed by atoms with Crippen molar-refractivity contribution in [2.24, 2.45) is 5.41 Å². The maximum absolute atomic E-state index is 12.8. The number of benzene rings is 1. The number of amides is 1. The van der Waals surface area contributed by atoms with E-state index in [1.807, 2.05) is 41.3 Å². The van der Waals surface area contributed by atoms with Crippen molar-refractivity contribution in [1.82, 2.24) is 19.2 Å². The summed E-state index contributed by atoms with van der Waals surface area (Å²) in [5, 5.41) is 0. The van der Waals surface area contributed by atoms with Gasteiger partial charge in [0.15, 0.2) is 0 Å². The van der Waals surface area contributed by atoms with Crippen LogP contribution in [0.1, 0.15) is 38.4 Å². The molecule has 1 fully saturated rings. The van der Waals surface area contributed by atoms with E-state index in [1.54, 1.807) is 7.11 Å². The highest BCUT2D eigenvalue weighted by molar-refractivity contribution is 5.78. The molecule has 0 radical (unpaired) electrons. The highest BCUT2D eigenvalue weighted by Crippen LogP contribution is 2.30. The number of carbonyl (C=O) groups excluding carboxylic acids is 1. The van der Waals surface area contributed by atoms with Crippen LogP contribution in [-0.4, -0.2) is 58.4 Å². The molecule has 5 rings (SSSR count).